The number of aryl methyl sites for hydroxylation is 1. The first-order valence-electron chi connectivity index (χ1n) is 5.48. The SMILES string of the molecule is Cc1ccc(C(CO)NC(=O)OC(C)(C)C)o1. The number of ether oxygens (including phenoxy) is 1. The van der Waals surface area contributed by atoms with Gasteiger partial charge in [-0.1, -0.05) is 0 Å². The van der Waals surface area contributed by atoms with E-state index in [-0.39, 0.29) is 6.61 Å². The van der Waals surface area contributed by atoms with Gasteiger partial charge < -0.3 is 19.6 Å². The molecular weight excluding hydrogens is 222 g/mol. The molecule has 1 aromatic heterocycles. The molecule has 0 aliphatic carbocycles. The van der Waals surface area contributed by atoms with Crippen molar-refractivity contribution in [2.24, 2.45) is 0 Å². The average molecular weight is 241 g/mol. The Morgan fingerprint density at radius 2 is 2.18 bits per heavy atom. The molecule has 0 aliphatic rings. The van der Waals surface area contributed by atoms with E-state index in [1.54, 1.807) is 39.8 Å². The zero-order valence-corrected chi connectivity index (χ0v) is 10.6. The highest BCUT2D eigenvalue weighted by Gasteiger charge is 2.21. The van der Waals surface area contributed by atoms with Crippen molar-refractivity contribution in [3.05, 3.63) is 23.7 Å². The maximum atomic E-state index is 11.5. The van der Waals surface area contributed by atoms with Crippen LogP contribution in [0.25, 0.3) is 0 Å². The Morgan fingerprint density at radius 3 is 2.59 bits per heavy atom. The summed E-state index contributed by atoms with van der Waals surface area (Å²) < 4.78 is 10.4. The summed E-state index contributed by atoms with van der Waals surface area (Å²) in [6.45, 7) is 6.88. The van der Waals surface area contributed by atoms with Crippen molar-refractivity contribution < 1.29 is 19.1 Å². The maximum Gasteiger partial charge on any atom is 0.408 e. The van der Waals surface area contributed by atoms with Gasteiger partial charge in [-0.2, -0.15) is 0 Å². The number of amides is 1. The fourth-order valence-corrected chi connectivity index (χ4v) is 1.30. The van der Waals surface area contributed by atoms with Gasteiger partial charge in [0, 0.05) is 0 Å². The first-order chi connectivity index (χ1) is 7.81. The van der Waals surface area contributed by atoms with Crippen LogP contribution in [0.2, 0.25) is 0 Å². The van der Waals surface area contributed by atoms with E-state index in [1.807, 2.05) is 0 Å². The predicted octanol–water partition coefficient (Wildman–Crippen LogP) is 2.15. The number of carbonyl (C=O) groups excluding carboxylic acids is 1. The van der Waals surface area contributed by atoms with Crippen LogP contribution in [0.3, 0.4) is 0 Å². The fraction of sp³-hybridized carbons (Fsp3) is 0.583. The van der Waals surface area contributed by atoms with E-state index in [1.165, 1.54) is 0 Å². The van der Waals surface area contributed by atoms with Crippen molar-refractivity contribution >= 4 is 6.09 Å². The molecule has 1 aromatic rings. The summed E-state index contributed by atoms with van der Waals surface area (Å²) in [6, 6.07) is 2.90. The number of rotatable bonds is 3. The van der Waals surface area contributed by atoms with Gasteiger partial charge >= 0.3 is 6.09 Å². The molecule has 17 heavy (non-hydrogen) atoms. The van der Waals surface area contributed by atoms with E-state index in [0.717, 1.165) is 5.76 Å². The van der Waals surface area contributed by atoms with Crippen molar-refractivity contribution in [1.29, 1.82) is 0 Å². The van der Waals surface area contributed by atoms with Crippen LogP contribution in [0.5, 0.6) is 0 Å². The van der Waals surface area contributed by atoms with Crippen LogP contribution in [-0.4, -0.2) is 23.4 Å². The van der Waals surface area contributed by atoms with Crippen LogP contribution in [0.4, 0.5) is 4.79 Å². The Kier molecular flexibility index (Phi) is 4.17. The highest BCUT2D eigenvalue weighted by atomic mass is 16.6. The van der Waals surface area contributed by atoms with Crippen LogP contribution in [0.1, 0.15) is 38.3 Å². The third-order valence-electron chi connectivity index (χ3n) is 1.98. The van der Waals surface area contributed by atoms with E-state index in [4.69, 9.17) is 9.15 Å². The highest BCUT2D eigenvalue weighted by molar-refractivity contribution is 5.68. The highest BCUT2D eigenvalue weighted by Crippen LogP contribution is 2.16. The van der Waals surface area contributed by atoms with Crippen molar-refractivity contribution in [2.45, 2.75) is 39.3 Å². The normalized spacial score (nSPS) is 13.2. The van der Waals surface area contributed by atoms with Gasteiger partial charge in [0.15, 0.2) is 0 Å². The van der Waals surface area contributed by atoms with E-state index < -0.39 is 17.7 Å². The number of alkyl carbamates (subject to hydrolysis) is 1. The van der Waals surface area contributed by atoms with Gasteiger partial charge in [0.2, 0.25) is 0 Å². The zero-order chi connectivity index (χ0) is 13.1. The lowest BCUT2D eigenvalue weighted by Gasteiger charge is -2.22. The third-order valence-corrected chi connectivity index (χ3v) is 1.98. The molecule has 1 atom stereocenters. The zero-order valence-electron chi connectivity index (χ0n) is 10.6. The molecule has 5 heteroatoms. The van der Waals surface area contributed by atoms with Gasteiger partial charge in [-0.25, -0.2) is 4.79 Å². The standard InChI is InChI=1S/C12H19NO4/c1-8-5-6-10(16-8)9(7-14)13-11(15)17-12(2,3)4/h5-6,9,14H,7H2,1-4H3,(H,13,15). The Balaban J connectivity index is 2.62. The lowest BCUT2D eigenvalue weighted by Crippen LogP contribution is -2.36. The number of aliphatic hydroxyl groups is 1. The monoisotopic (exact) mass is 241 g/mol. The summed E-state index contributed by atoms with van der Waals surface area (Å²) in [5.74, 6) is 1.24. The lowest BCUT2D eigenvalue weighted by atomic mass is 10.2. The Hall–Kier alpha value is -1.49. The number of carbonyl (C=O) groups is 1. The number of nitrogens with one attached hydrogen (secondary N) is 1. The molecule has 5 nitrogen and oxygen atoms in total. The summed E-state index contributed by atoms with van der Waals surface area (Å²) in [4.78, 5) is 11.5. The van der Waals surface area contributed by atoms with E-state index >= 15 is 0 Å². The van der Waals surface area contributed by atoms with Gasteiger partial charge in [0.1, 0.15) is 23.2 Å². The molecule has 0 spiro atoms. The lowest BCUT2D eigenvalue weighted by molar-refractivity contribution is 0.0472. The summed E-state index contributed by atoms with van der Waals surface area (Å²) >= 11 is 0. The van der Waals surface area contributed by atoms with Gasteiger partial charge in [0.25, 0.3) is 0 Å². The molecule has 0 aromatic carbocycles. The van der Waals surface area contributed by atoms with Gasteiger partial charge in [0.05, 0.1) is 6.61 Å². The molecule has 0 fully saturated rings. The predicted molar refractivity (Wildman–Crippen MR) is 62.6 cm³/mol. The third kappa shape index (κ3) is 4.48. The van der Waals surface area contributed by atoms with Crippen molar-refractivity contribution in [1.82, 2.24) is 5.32 Å². The van der Waals surface area contributed by atoms with Crippen LogP contribution in [-0.2, 0) is 4.74 Å². The number of hydrogen-bond acceptors (Lipinski definition) is 4. The first kappa shape index (κ1) is 13.6. The number of aliphatic hydroxyl groups excluding tert-OH is 1. The summed E-state index contributed by atoms with van der Waals surface area (Å²) in [5.41, 5.74) is -0.566. The second kappa shape index (κ2) is 5.23. The molecule has 0 radical (unpaired) electrons. The fourth-order valence-electron chi connectivity index (χ4n) is 1.30. The van der Waals surface area contributed by atoms with E-state index in [2.05, 4.69) is 5.32 Å². The Bertz CT molecular complexity index is 378. The molecule has 2 N–H and O–H groups in total. The number of hydrogen-bond donors (Lipinski definition) is 2. The molecule has 1 heterocycles. The van der Waals surface area contributed by atoms with E-state index in [0.29, 0.717) is 5.76 Å². The van der Waals surface area contributed by atoms with Gasteiger partial charge in [-0.15, -0.1) is 0 Å². The Labute approximate surface area is 101 Å². The maximum absolute atomic E-state index is 11.5. The van der Waals surface area contributed by atoms with Crippen LogP contribution < -0.4 is 5.32 Å². The first-order valence-corrected chi connectivity index (χ1v) is 5.48. The quantitative estimate of drug-likeness (QED) is 0.850. The van der Waals surface area contributed by atoms with Gasteiger partial charge in [-0.3, -0.25) is 0 Å². The molecular formula is C12H19NO4. The van der Waals surface area contributed by atoms with Crippen molar-refractivity contribution in [3.63, 3.8) is 0 Å². The van der Waals surface area contributed by atoms with Crippen LogP contribution >= 0.6 is 0 Å². The molecule has 1 rings (SSSR count). The molecule has 0 saturated carbocycles. The largest absolute Gasteiger partial charge is 0.464 e. The second-order valence-corrected chi connectivity index (χ2v) is 4.83. The van der Waals surface area contributed by atoms with Gasteiger partial charge in [-0.05, 0) is 39.8 Å². The molecule has 1 amide bonds. The topological polar surface area (TPSA) is 71.7 Å². The van der Waals surface area contributed by atoms with Crippen molar-refractivity contribution in [2.75, 3.05) is 6.61 Å². The molecule has 0 saturated heterocycles. The van der Waals surface area contributed by atoms with E-state index in [9.17, 15) is 9.90 Å². The second-order valence-electron chi connectivity index (χ2n) is 4.83. The minimum Gasteiger partial charge on any atom is -0.464 e. The average Bonchev–Trinajstić information content (AvgIpc) is 2.58. The van der Waals surface area contributed by atoms with Crippen LogP contribution in [0.15, 0.2) is 16.5 Å². The molecule has 0 bridgehead atoms. The minimum atomic E-state index is -0.585. The smallest absolute Gasteiger partial charge is 0.408 e. The molecule has 1 unspecified atom stereocenters. The van der Waals surface area contributed by atoms with Crippen LogP contribution in [0, 0.1) is 6.92 Å². The van der Waals surface area contributed by atoms with Crippen molar-refractivity contribution in [3.8, 4) is 0 Å². The summed E-state index contributed by atoms with van der Waals surface area (Å²) in [7, 11) is 0. The molecule has 96 valence electrons. The minimum absolute atomic E-state index is 0.244. The number of furan rings is 1. The summed E-state index contributed by atoms with van der Waals surface area (Å²) in [6.07, 6.45) is -0.578. The molecule has 0 aliphatic heterocycles. The Morgan fingerprint density at radius 1 is 1.53 bits per heavy atom. The summed E-state index contributed by atoms with van der Waals surface area (Å²) in [5, 5.41) is 11.8.